The molecule has 4 nitrogen and oxygen atoms in total. The Balaban J connectivity index is 1.74. The number of likely N-dealkylation sites (tertiary alicyclic amines) is 1. The SMILES string of the molecule is COCC1C2C=CC1N(Cc1ccc(OC)cc1)C2=O. The van der Waals surface area contributed by atoms with E-state index in [1.54, 1.807) is 14.2 Å². The van der Waals surface area contributed by atoms with Crippen molar-refractivity contribution in [2.45, 2.75) is 12.6 Å². The number of methoxy groups -OCH3 is 2. The number of hydrogen-bond acceptors (Lipinski definition) is 3. The van der Waals surface area contributed by atoms with Gasteiger partial charge in [0.15, 0.2) is 0 Å². The number of amides is 1. The second-order valence-electron chi connectivity index (χ2n) is 5.33. The molecule has 1 aliphatic heterocycles. The highest BCUT2D eigenvalue weighted by Gasteiger charge is 2.49. The van der Waals surface area contributed by atoms with Crippen molar-refractivity contribution in [3.8, 4) is 5.75 Å². The van der Waals surface area contributed by atoms with Crippen LogP contribution in [0.1, 0.15) is 5.56 Å². The van der Waals surface area contributed by atoms with Crippen LogP contribution in [0.4, 0.5) is 0 Å². The topological polar surface area (TPSA) is 38.8 Å². The van der Waals surface area contributed by atoms with Crippen LogP contribution in [0.2, 0.25) is 0 Å². The van der Waals surface area contributed by atoms with Crippen LogP contribution < -0.4 is 4.74 Å². The van der Waals surface area contributed by atoms with Crippen LogP contribution in [0, 0.1) is 11.8 Å². The van der Waals surface area contributed by atoms with Crippen molar-refractivity contribution < 1.29 is 14.3 Å². The second kappa shape index (κ2) is 5.29. The van der Waals surface area contributed by atoms with Crippen molar-refractivity contribution in [3.63, 3.8) is 0 Å². The Morgan fingerprint density at radius 3 is 2.55 bits per heavy atom. The maximum absolute atomic E-state index is 12.4. The molecule has 0 saturated carbocycles. The van der Waals surface area contributed by atoms with E-state index in [0.29, 0.717) is 13.2 Å². The van der Waals surface area contributed by atoms with Gasteiger partial charge in [0, 0.05) is 19.6 Å². The molecule has 1 aromatic carbocycles. The van der Waals surface area contributed by atoms with Gasteiger partial charge < -0.3 is 14.4 Å². The average molecular weight is 273 g/mol. The summed E-state index contributed by atoms with van der Waals surface area (Å²) >= 11 is 0. The molecular formula is C16H19NO3. The third-order valence-electron chi connectivity index (χ3n) is 4.21. The van der Waals surface area contributed by atoms with Crippen molar-refractivity contribution in [1.29, 1.82) is 0 Å². The number of carbonyl (C=O) groups excluding carboxylic acids is 1. The summed E-state index contributed by atoms with van der Waals surface area (Å²) in [7, 11) is 3.34. The monoisotopic (exact) mass is 273 g/mol. The number of ether oxygens (including phenoxy) is 2. The van der Waals surface area contributed by atoms with Gasteiger partial charge in [0.1, 0.15) is 5.75 Å². The van der Waals surface area contributed by atoms with Crippen molar-refractivity contribution in [2.24, 2.45) is 11.8 Å². The molecule has 3 atom stereocenters. The van der Waals surface area contributed by atoms with Gasteiger partial charge >= 0.3 is 0 Å². The summed E-state index contributed by atoms with van der Waals surface area (Å²) in [5, 5.41) is 0. The minimum atomic E-state index is -0.00167. The maximum atomic E-state index is 12.4. The second-order valence-corrected chi connectivity index (χ2v) is 5.33. The molecule has 2 bridgehead atoms. The molecular weight excluding hydrogens is 254 g/mol. The van der Waals surface area contributed by atoms with Gasteiger partial charge in [0.25, 0.3) is 0 Å². The molecule has 106 valence electrons. The van der Waals surface area contributed by atoms with Crippen LogP contribution in [0.3, 0.4) is 0 Å². The van der Waals surface area contributed by atoms with Crippen molar-refractivity contribution in [3.05, 3.63) is 42.0 Å². The first-order valence-corrected chi connectivity index (χ1v) is 6.85. The lowest BCUT2D eigenvalue weighted by Gasteiger charge is -2.25. The molecule has 20 heavy (non-hydrogen) atoms. The number of carbonyl (C=O) groups is 1. The van der Waals surface area contributed by atoms with Crippen molar-refractivity contribution in [1.82, 2.24) is 4.90 Å². The highest BCUT2D eigenvalue weighted by molar-refractivity contribution is 5.86. The van der Waals surface area contributed by atoms with E-state index in [0.717, 1.165) is 11.3 Å². The fourth-order valence-corrected chi connectivity index (χ4v) is 3.18. The number of hydrogen-bond donors (Lipinski definition) is 0. The predicted molar refractivity (Wildman–Crippen MR) is 75.3 cm³/mol. The van der Waals surface area contributed by atoms with Gasteiger partial charge in [-0.15, -0.1) is 0 Å². The molecule has 1 amide bonds. The standard InChI is InChI=1S/C16H19NO3/c1-19-10-14-13-7-8-15(14)17(16(13)18)9-11-3-5-12(20-2)6-4-11/h3-8,13-15H,9-10H2,1-2H3. The lowest BCUT2D eigenvalue weighted by molar-refractivity contribution is -0.131. The molecule has 4 heteroatoms. The van der Waals surface area contributed by atoms with E-state index in [1.165, 1.54) is 0 Å². The molecule has 1 fully saturated rings. The predicted octanol–water partition coefficient (Wildman–Crippen LogP) is 1.85. The van der Waals surface area contributed by atoms with Gasteiger partial charge in [-0.3, -0.25) is 4.79 Å². The number of rotatable bonds is 5. The lowest BCUT2D eigenvalue weighted by atomic mass is 9.98. The van der Waals surface area contributed by atoms with E-state index in [4.69, 9.17) is 9.47 Å². The van der Waals surface area contributed by atoms with Crippen LogP contribution in [-0.2, 0) is 16.1 Å². The van der Waals surface area contributed by atoms with E-state index in [-0.39, 0.29) is 23.8 Å². The van der Waals surface area contributed by atoms with Gasteiger partial charge in [-0.25, -0.2) is 0 Å². The Labute approximate surface area is 119 Å². The quantitative estimate of drug-likeness (QED) is 0.769. The largest absolute Gasteiger partial charge is 0.497 e. The Morgan fingerprint density at radius 2 is 1.90 bits per heavy atom. The molecule has 3 unspecified atom stereocenters. The summed E-state index contributed by atoms with van der Waals surface area (Å²) in [6.45, 7) is 1.28. The summed E-state index contributed by atoms with van der Waals surface area (Å²) in [6.07, 6.45) is 4.17. The van der Waals surface area contributed by atoms with E-state index in [1.807, 2.05) is 35.2 Å². The molecule has 0 radical (unpaired) electrons. The Morgan fingerprint density at radius 1 is 1.15 bits per heavy atom. The lowest BCUT2D eigenvalue weighted by Crippen LogP contribution is -2.35. The van der Waals surface area contributed by atoms with Crippen molar-refractivity contribution >= 4 is 5.91 Å². The summed E-state index contributed by atoms with van der Waals surface area (Å²) in [5.74, 6) is 1.32. The van der Waals surface area contributed by atoms with Crippen LogP contribution in [0.25, 0.3) is 0 Å². The third-order valence-corrected chi connectivity index (χ3v) is 4.21. The molecule has 3 rings (SSSR count). The van der Waals surface area contributed by atoms with Gasteiger partial charge in [-0.05, 0) is 17.7 Å². The Hall–Kier alpha value is -1.81. The summed E-state index contributed by atoms with van der Waals surface area (Å²) in [6, 6.07) is 8.04. The Kier molecular flexibility index (Phi) is 3.49. The molecule has 1 heterocycles. The summed E-state index contributed by atoms with van der Waals surface area (Å²) in [4.78, 5) is 14.3. The van der Waals surface area contributed by atoms with E-state index in [9.17, 15) is 4.79 Å². The highest BCUT2D eigenvalue weighted by Crippen LogP contribution is 2.39. The molecule has 1 saturated heterocycles. The van der Waals surface area contributed by atoms with Gasteiger partial charge in [0.2, 0.25) is 5.91 Å². The number of nitrogens with zero attached hydrogens (tertiary/aromatic N) is 1. The molecule has 0 N–H and O–H groups in total. The molecule has 0 aromatic heterocycles. The first-order valence-electron chi connectivity index (χ1n) is 6.85. The summed E-state index contributed by atoms with van der Waals surface area (Å²) < 4.78 is 10.4. The zero-order chi connectivity index (χ0) is 14.1. The Bertz CT molecular complexity index is 523. The number of benzene rings is 1. The van der Waals surface area contributed by atoms with Gasteiger partial charge in [-0.1, -0.05) is 24.3 Å². The van der Waals surface area contributed by atoms with Gasteiger partial charge in [-0.2, -0.15) is 0 Å². The van der Waals surface area contributed by atoms with Gasteiger partial charge in [0.05, 0.1) is 25.7 Å². The number of fused-ring (bicyclic) bond motifs is 2. The smallest absolute Gasteiger partial charge is 0.230 e. The molecule has 1 aromatic rings. The van der Waals surface area contributed by atoms with E-state index < -0.39 is 0 Å². The van der Waals surface area contributed by atoms with Crippen LogP contribution in [0.15, 0.2) is 36.4 Å². The molecule has 2 aliphatic rings. The summed E-state index contributed by atoms with van der Waals surface area (Å²) in [5.41, 5.74) is 1.12. The third kappa shape index (κ3) is 2.10. The first-order chi connectivity index (χ1) is 9.74. The molecule has 1 aliphatic carbocycles. The molecule has 0 spiro atoms. The fourth-order valence-electron chi connectivity index (χ4n) is 3.18. The van der Waals surface area contributed by atoms with E-state index >= 15 is 0 Å². The first kappa shape index (κ1) is 13.2. The van der Waals surface area contributed by atoms with Crippen LogP contribution in [0.5, 0.6) is 5.75 Å². The normalized spacial score (nSPS) is 27.4. The minimum absolute atomic E-state index is 0.00167. The maximum Gasteiger partial charge on any atom is 0.230 e. The highest BCUT2D eigenvalue weighted by atomic mass is 16.5. The van der Waals surface area contributed by atoms with Crippen LogP contribution >= 0.6 is 0 Å². The van der Waals surface area contributed by atoms with Crippen molar-refractivity contribution in [2.75, 3.05) is 20.8 Å². The minimum Gasteiger partial charge on any atom is -0.497 e. The van der Waals surface area contributed by atoms with E-state index in [2.05, 4.69) is 6.08 Å². The zero-order valence-corrected chi connectivity index (χ0v) is 11.8. The average Bonchev–Trinajstić information content (AvgIpc) is 2.97. The zero-order valence-electron chi connectivity index (χ0n) is 11.8. The van der Waals surface area contributed by atoms with Crippen LogP contribution in [-0.4, -0.2) is 37.7 Å². The fraction of sp³-hybridized carbons (Fsp3) is 0.438.